The maximum absolute atomic E-state index is 8.97. The molecule has 4 nitrogen and oxygen atoms in total. The van der Waals surface area contributed by atoms with Crippen LogP contribution in [-0.4, -0.2) is 29.5 Å². The molecule has 4 heteroatoms. The third-order valence-electron chi connectivity index (χ3n) is 2.49. The second kappa shape index (κ2) is 4.51. The zero-order valence-corrected chi connectivity index (χ0v) is 8.44. The molecule has 1 aromatic carbocycles. The summed E-state index contributed by atoms with van der Waals surface area (Å²) in [5.41, 5.74) is 1.78. The fraction of sp³-hybridized carbons (Fsp3) is 0.455. The van der Waals surface area contributed by atoms with Crippen molar-refractivity contribution >= 4 is 5.69 Å². The number of aliphatic hydroxyl groups is 2. The van der Waals surface area contributed by atoms with E-state index in [1.54, 1.807) is 0 Å². The normalized spacial score (nSPS) is 18.9. The number of ether oxygens (including phenoxy) is 1. The number of hydrogen-bond acceptors (Lipinski definition) is 4. The topological polar surface area (TPSA) is 61.7 Å². The number of anilines is 1. The van der Waals surface area contributed by atoms with Crippen LogP contribution in [0.2, 0.25) is 0 Å². The third-order valence-corrected chi connectivity index (χ3v) is 2.49. The Morgan fingerprint density at radius 1 is 1.40 bits per heavy atom. The first-order valence-corrected chi connectivity index (χ1v) is 5.08. The van der Waals surface area contributed by atoms with Crippen LogP contribution in [-0.2, 0) is 6.61 Å². The highest BCUT2D eigenvalue weighted by atomic mass is 16.5. The lowest BCUT2D eigenvalue weighted by Crippen LogP contribution is -2.31. The van der Waals surface area contributed by atoms with Gasteiger partial charge in [0.1, 0.15) is 11.9 Å². The Hall–Kier alpha value is -1.26. The molecule has 0 fully saturated rings. The van der Waals surface area contributed by atoms with Gasteiger partial charge in [0.25, 0.3) is 0 Å². The molecule has 1 atom stereocenters. The van der Waals surface area contributed by atoms with Crippen LogP contribution in [0.15, 0.2) is 18.2 Å². The van der Waals surface area contributed by atoms with E-state index in [1.807, 2.05) is 18.2 Å². The van der Waals surface area contributed by atoms with Gasteiger partial charge in [0.2, 0.25) is 0 Å². The summed E-state index contributed by atoms with van der Waals surface area (Å²) in [7, 11) is 0. The molecule has 1 aliphatic rings. The third kappa shape index (κ3) is 2.22. The van der Waals surface area contributed by atoms with Crippen LogP contribution in [0.4, 0.5) is 5.69 Å². The number of benzene rings is 1. The molecule has 1 aliphatic heterocycles. The highest BCUT2D eigenvalue weighted by molar-refractivity contribution is 5.59. The van der Waals surface area contributed by atoms with Gasteiger partial charge >= 0.3 is 0 Å². The molecule has 2 rings (SSSR count). The highest BCUT2D eigenvalue weighted by Gasteiger charge is 2.18. The Morgan fingerprint density at radius 2 is 2.27 bits per heavy atom. The summed E-state index contributed by atoms with van der Waals surface area (Å²) in [4.78, 5) is 0. The van der Waals surface area contributed by atoms with E-state index in [-0.39, 0.29) is 19.3 Å². The van der Waals surface area contributed by atoms with Gasteiger partial charge in [-0.2, -0.15) is 0 Å². The van der Waals surface area contributed by atoms with Crippen molar-refractivity contribution in [3.63, 3.8) is 0 Å². The number of fused-ring (bicyclic) bond motifs is 1. The molecule has 0 spiro atoms. The first-order chi connectivity index (χ1) is 7.33. The minimum Gasteiger partial charge on any atom is -0.486 e. The Bertz CT molecular complexity index is 341. The highest BCUT2D eigenvalue weighted by Crippen LogP contribution is 2.30. The number of aliphatic hydroxyl groups excluding tert-OH is 2. The van der Waals surface area contributed by atoms with Crippen LogP contribution in [0.3, 0.4) is 0 Å². The van der Waals surface area contributed by atoms with Gasteiger partial charge in [0, 0.05) is 13.0 Å². The van der Waals surface area contributed by atoms with Gasteiger partial charge in [0.05, 0.1) is 18.8 Å². The Morgan fingerprint density at radius 3 is 3.00 bits per heavy atom. The number of nitrogens with one attached hydrogen (secondary N) is 1. The van der Waals surface area contributed by atoms with Crippen LogP contribution < -0.4 is 10.1 Å². The summed E-state index contributed by atoms with van der Waals surface area (Å²) in [6.45, 7) is 0.869. The Labute approximate surface area is 88.5 Å². The van der Waals surface area contributed by atoms with Crippen LogP contribution in [0.5, 0.6) is 5.75 Å². The van der Waals surface area contributed by atoms with E-state index in [9.17, 15) is 0 Å². The minimum atomic E-state index is 0.0301. The van der Waals surface area contributed by atoms with Gasteiger partial charge < -0.3 is 20.3 Å². The van der Waals surface area contributed by atoms with E-state index in [0.717, 1.165) is 17.0 Å². The van der Waals surface area contributed by atoms with E-state index in [0.29, 0.717) is 13.0 Å². The van der Waals surface area contributed by atoms with Crippen molar-refractivity contribution in [2.45, 2.75) is 19.1 Å². The van der Waals surface area contributed by atoms with E-state index >= 15 is 0 Å². The molecular weight excluding hydrogens is 194 g/mol. The van der Waals surface area contributed by atoms with Crippen molar-refractivity contribution in [2.24, 2.45) is 0 Å². The fourth-order valence-corrected chi connectivity index (χ4v) is 1.67. The second-order valence-corrected chi connectivity index (χ2v) is 3.62. The molecule has 3 N–H and O–H groups in total. The minimum absolute atomic E-state index is 0.0301. The van der Waals surface area contributed by atoms with Gasteiger partial charge in [-0.3, -0.25) is 0 Å². The molecule has 0 saturated heterocycles. The molecule has 1 unspecified atom stereocenters. The van der Waals surface area contributed by atoms with Crippen LogP contribution in [0, 0.1) is 0 Å². The first kappa shape index (κ1) is 10.3. The molecule has 1 heterocycles. The second-order valence-electron chi connectivity index (χ2n) is 3.62. The predicted molar refractivity (Wildman–Crippen MR) is 57.0 cm³/mol. The Kier molecular flexibility index (Phi) is 3.08. The van der Waals surface area contributed by atoms with E-state index in [1.165, 1.54) is 0 Å². The monoisotopic (exact) mass is 209 g/mol. The van der Waals surface area contributed by atoms with E-state index < -0.39 is 0 Å². The summed E-state index contributed by atoms with van der Waals surface area (Å²) in [5.74, 6) is 0.789. The standard InChI is InChI=1S/C11H15NO3/c13-4-3-9-6-12-10-5-8(7-14)1-2-11(10)15-9/h1-2,5,9,12-14H,3-4,6-7H2. The fourth-order valence-electron chi connectivity index (χ4n) is 1.67. The van der Waals surface area contributed by atoms with Gasteiger partial charge in [0.15, 0.2) is 0 Å². The maximum Gasteiger partial charge on any atom is 0.142 e. The summed E-state index contributed by atoms with van der Waals surface area (Å²) in [6, 6.07) is 5.56. The summed E-state index contributed by atoms with van der Waals surface area (Å²) >= 11 is 0. The van der Waals surface area contributed by atoms with Gasteiger partial charge in [-0.15, -0.1) is 0 Å². The van der Waals surface area contributed by atoms with Crippen LogP contribution in [0.1, 0.15) is 12.0 Å². The quantitative estimate of drug-likeness (QED) is 0.687. The number of rotatable bonds is 3. The van der Waals surface area contributed by atoms with Crippen LogP contribution >= 0.6 is 0 Å². The number of hydrogen-bond donors (Lipinski definition) is 3. The van der Waals surface area contributed by atoms with Crippen molar-refractivity contribution in [1.82, 2.24) is 0 Å². The SMILES string of the molecule is OCCC1CNc2cc(CO)ccc2O1. The molecule has 0 amide bonds. The molecule has 0 radical (unpaired) electrons. The van der Waals surface area contributed by atoms with Crippen molar-refractivity contribution in [3.05, 3.63) is 23.8 Å². The molecule has 0 bridgehead atoms. The average Bonchev–Trinajstić information content (AvgIpc) is 2.29. The maximum atomic E-state index is 8.97. The molecular formula is C11H15NO3. The molecule has 1 aromatic rings. The lowest BCUT2D eigenvalue weighted by Gasteiger charge is -2.27. The smallest absolute Gasteiger partial charge is 0.142 e. The van der Waals surface area contributed by atoms with Crippen molar-refractivity contribution < 1.29 is 14.9 Å². The molecule has 15 heavy (non-hydrogen) atoms. The molecule has 82 valence electrons. The van der Waals surface area contributed by atoms with E-state index in [4.69, 9.17) is 14.9 Å². The Balaban J connectivity index is 2.13. The summed E-state index contributed by atoms with van der Waals surface area (Å²) < 4.78 is 5.67. The molecule has 0 aliphatic carbocycles. The zero-order chi connectivity index (χ0) is 10.7. The van der Waals surface area contributed by atoms with E-state index in [2.05, 4.69) is 5.32 Å². The predicted octanol–water partition coefficient (Wildman–Crippen LogP) is 0.734. The first-order valence-electron chi connectivity index (χ1n) is 5.08. The van der Waals surface area contributed by atoms with Crippen molar-refractivity contribution in [1.29, 1.82) is 0 Å². The van der Waals surface area contributed by atoms with Gasteiger partial charge in [-0.1, -0.05) is 6.07 Å². The van der Waals surface area contributed by atoms with Gasteiger partial charge in [-0.05, 0) is 17.7 Å². The summed E-state index contributed by atoms with van der Waals surface area (Å²) in [6.07, 6.45) is 0.663. The summed E-state index contributed by atoms with van der Waals surface area (Å²) in [5, 5.41) is 21.0. The zero-order valence-electron chi connectivity index (χ0n) is 8.44. The molecule has 0 saturated carbocycles. The lowest BCUT2D eigenvalue weighted by molar-refractivity contribution is 0.158. The van der Waals surface area contributed by atoms with Crippen LogP contribution in [0.25, 0.3) is 0 Å². The largest absolute Gasteiger partial charge is 0.486 e. The molecule has 0 aromatic heterocycles. The van der Waals surface area contributed by atoms with Crippen molar-refractivity contribution in [3.8, 4) is 5.75 Å². The average molecular weight is 209 g/mol. The lowest BCUT2D eigenvalue weighted by atomic mass is 10.1. The van der Waals surface area contributed by atoms with Gasteiger partial charge in [-0.25, -0.2) is 0 Å². The van der Waals surface area contributed by atoms with Crippen molar-refractivity contribution in [2.75, 3.05) is 18.5 Å².